The van der Waals surface area contributed by atoms with Crippen LogP contribution >= 0.6 is 0 Å². The molecule has 0 aromatic carbocycles. The van der Waals surface area contributed by atoms with Gasteiger partial charge in [-0.05, 0) is 25.8 Å². The number of rotatable bonds is 2. The SMILES string of the molecule is O=C1CCC(O)c2occ(C(=O)[C@@H]3CCCN3)c21. The van der Waals surface area contributed by atoms with Gasteiger partial charge < -0.3 is 14.8 Å². The quantitative estimate of drug-likeness (QED) is 0.770. The third-order valence-corrected chi connectivity index (χ3v) is 3.69. The van der Waals surface area contributed by atoms with E-state index in [0.29, 0.717) is 17.5 Å². The maximum Gasteiger partial charge on any atom is 0.183 e. The largest absolute Gasteiger partial charge is 0.465 e. The zero-order valence-corrected chi connectivity index (χ0v) is 9.94. The highest BCUT2D eigenvalue weighted by Gasteiger charge is 2.35. The second-order valence-corrected chi connectivity index (χ2v) is 4.88. The minimum atomic E-state index is -0.768. The van der Waals surface area contributed by atoms with Crippen LogP contribution in [0.4, 0.5) is 0 Å². The van der Waals surface area contributed by atoms with Gasteiger partial charge in [0.05, 0.1) is 17.2 Å². The number of carbonyl (C=O) groups is 2. The predicted molar refractivity (Wildman–Crippen MR) is 62.6 cm³/mol. The first-order chi connectivity index (χ1) is 8.68. The van der Waals surface area contributed by atoms with Crippen molar-refractivity contribution in [2.75, 3.05) is 6.54 Å². The van der Waals surface area contributed by atoms with E-state index in [1.165, 1.54) is 6.26 Å². The Morgan fingerprint density at radius 3 is 3.00 bits per heavy atom. The van der Waals surface area contributed by atoms with E-state index in [4.69, 9.17) is 4.42 Å². The summed E-state index contributed by atoms with van der Waals surface area (Å²) in [7, 11) is 0. The number of nitrogens with one attached hydrogen (secondary N) is 1. The maximum absolute atomic E-state index is 12.3. The monoisotopic (exact) mass is 249 g/mol. The van der Waals surface area contributed by atoms with E-state index in [9.17, 15) is 14.7 Å². The van der Waals surface area contributed by atoms with Gasteiger partial charge in [-0.15, -0.1) is 0 Å². The van der Waals surface area contributed by atoms with Gasteiger partial charge in [0, 0.05) is 6.42 Å². The van der Waals surface area contributed by atoms with E-state index < -0.39 is 6.10 Å². The number of fused-ring (bicyclic) bond motifs is 1. The zero-order chi connectivity index (χ0) is 12.7. The minimum absolute atomic E-state index is 0.0973. The van der Waals surface area contributed by atoms with Crippen LogP contribution in [0, 0.1) is 0 Å². The van der Waals surface area contributed by atoms with E-state index in [2.05, 4.69) is 5.32 Å². The van der Waals surface area contributed by atoms with E-state index in [0.717, 1.165) is 19.4 Å². The van der Waals surface area contributed by atoms with Crippen LogP contribution in [0.2, 0.25) is 0 Å². The molecule has 3 rings (SSSR count). The summed E-state index contributed by atoms with van der Waals surface area (Å²) in [5, 5.41) is 12.9. The predicted octanol–water partition coefficient (Wildman–Crippen LogP) is 1.22. The fourth-order valence-corrected chi connectivity index (χ4v) is 2.71. The normalized spacial score (nSPS) is 27.3. The van der Waals surface area contributed by atoms with Crippen LogP contribution in [0.15, 0.2) is 10.7 Å². The molecule has 0 bridgehead atoms. The Bertz CT molecular complexity index is 499. The molecule has 1 unspecified atom stereocenters. The van der Waals surface area contributed by atoms with Crippen LogP contribution in [0.5, 0.6) is 0 Å². The molecule has 18 heavy (non-hydrogen) atoms. The molecule has 0 spiro atoms. The maximum atomic E-state index is 12.3. The van der Waals surface area contributed by atoms with Gasteiger partial charge in [-0.25, -0.2) is 0 Å². The highest BCUT2D eigenvalue weighted by Crippen LogP contribution is 2.34. The van der Waals surface area contributed by atoms with Crippen LogP contribution in [0.3, 0.4) is 0 Å². The van der Waals surface area contributed by atoms with Crippen molar-refractivity contribution in [2.45, 2.75) is 37.8 Å². The Morgan fingerprint density at radius 1 is 1.44 bits per heavy atom. The molecule has 2 atom stereocenters. The highest BCUT2D eigenvalue weighted by atomic mass is 16.4. The molecule has 2 aliphatic rings. The third-order valence-electron chi connectivity index (χ3n) is 3.69. The summed E-state index contributed by atoms with van der Waals surface area (Å²) in [6.07, 6.45) is 2.94. The molecule has 1 aromatic rings. The minimum Gasteiger partial charge on any atom is -0.465 e. The smallest absolute Gasteiger partial charge is 0.183 e. The summed E-state index contributed by atoms with van der Waals surface area (Å²) in [5.41, 5.74) is 0.626. The number of aliphatic hydroxyl groups is 1. The summed E-state index contributed by atoms with van der Waals surface area (Å²) in [4.78, 5) is 24.2. The first-order valence-corrected chi connectivity index (χ1v) is 6.28. The lowest BCUT2D eigenvalue weighted by Crippen LogP contribution is -2.31. The zero-order valence-electron chi connectivity index (χ0n) is 9.94. The van der Waals surface area contributed by atoms with Crippen molar-refractivity contribution in [2.24, 2.45) is 0 Å². The van der Waals surface area contributed by atoms with E-state index in [1.54, 1.807) is 0 Å². The van der Waals surface area contributed by atoms with Crippen LogP contribution in [0.25, 0.3) is 0 Å². The molecule has 1 aliphatic heterocycles. The molecule has 0 radical (unpaired) electrons. The summed E-state index contributed by atoms with van der Waals surface area (Å²) < 4.78 is 5.23. The van der Waals surface area contributed by atoms with Gasteiger partial charge in [0.1, 0.15) is 18.1 Å². The Kier molecular flexibility index (Phi) is 2.80. The van der Waals surface area contributed by atoms with Crippen molar-refractivity contribution in [3.8, 4) is 0 Å². The average Bonchev–Trinajstić information content (AvgIpc) is 3.01. The van der Waals surface area contributed by atoms with Crippen LogP contribution in [-0.2, 0) is 0 Å². The summed E-state index contributed by atoms with van der Waals surface area (Å²) >= 11 is 0. The Balaban J connectivity index is 1.98. The van der Waals surface area contributed by atoms with E-state index >= 15 is 0 Å². The lowest BCUT2D eigenvalue weighted by molar-refractivity contribution is 0.0847. The second-order valence-electron chi connectivity index (χ2n) is 4.88. The van der Waals surface area contributed by atoms with Gasteiger partial charge in [0.15, 0.2) is 11.6 Å². The first kappa shape index (κ1) is 11.6. The Labute approximate surface area is 104 Å². The fraction of sp³-hybridized carbons (Fsp3) is 0.538. The van der Waals surface area contributed by atoms with Crippen molar-refractivity contribution in [3.63, 3.8) is 0 Å². The van der Waals surface area contributed by atoms with E-state index in [-0.39, 0.29) is 29.8 Å². The second kappa shape index (κ2) is 4.33. The van der Waals surface area contributed by atoms with Gasteiger partial charge in [-0.3, -0.25) is 9.59 Å². The lowest BCUT2D eigenvalue weighted by Gasteiger charge is -2.16. The summed E-state index contributed by atoms with van der Waals surface area (Å²) in [6.45, 7) is 0.826. The topological polar surface area (TPSA) is 79.5 Å². The fourth-order valence-electron chi connectivity index (χ4n) is 2.71. The molecular weight excluding hydrogens is 234 g/mol. The first-order valence-electron chi connectivity index (χ1n) is 6.28. The summed E-state index contributed by atoms with van der Waals surface area (Å²) in [6, 6.07) is -0.224. The molecule has 96 valence electrons. The molecular formula is C13H15NO4. The number of furan rings is 1. The van der Waals surface area contributed by atoms with Gasteiger partial charge in [0.2, 0.25) is 0 Å². The van der Waals surface area contributed by atoms with Gasteiger partial charge >= 0.3 is 0 Å². The number of carbonyl (C=O) groups excluding carboxylic acids is 2. The standard InChI is InChI=1S/C13H15NO4/c15-9-3-4-10(16)13-11(9)7(6-18-13)12(17)8-2-1-5-14-8/h6,8,10,14,16H,1-5H2/t8-,10?/m0/s1. The van der Waals surface area contributed by atoms with E-state index in [1.807, 2.05) is 0 Å². The molecule has 2 N–H and O–H groups in total. The molecule has 0 saturated carbocycles. The number of hydrogen-bond donors (Lipinski definition) is 2. The molecule has 5 nitrogen and oxygen atoms in total. The molecule has 1 saturated heterocycles. The lowest BCUT2D eigenvalue weighted by atomic mass is 9.89. The Morgan fingerprint density at radius 2 is 2.28 bits per heavy atom. The van der Waals surface area contributed by atoms with Crippen molar-refractivity contribution in [3.05, 3.63) is 23.2 Å². The van der Waals surface area contributed by atoms with Crippen molar-refractivity contribution >= 4 is 11.6 Å². The molecule has 1 aliphatic carbocycles. The molecule has 1 fully saturated rings. The number of hydrogen-bond acceptors (Lipinski definition) is 5. The van der Waals surface area contributed by atoms with Crippen LogP contribution < -0.4 is 5.32 Å². The van der Waals surface area contributed by atoms with Crippen LogP contribution in [-0.4, -0.2) is 29.3 Å². The van der Waals surface area contributed by atoms with Crippen molar-refractivity contribution in [1.29, 1.82) is 0 Å². The number of ketones is 2. The number of aliphatic hydroxyl groups excluding tert-OH is 1. The Hall–Kier alpha value is -1.46. The molecule has 2 heterocycles. The molecule has 5 heteroatoms. The van der Waals surface area contributed by atoms with Gasteiger partial charge in [-0.1, -0.05) is 0 Å². The van der Waals surface area contributed by atoms with Crippen molar-refractivity contribution < 1.29 is 19.1 Å². The molecule has 0 amide bonds. The average molecular weight is 249 g/mol. The summed E-state index contributed by atoms with van der Waals surface area (Å²) in [5.74, 6) is 0.0537. The van der Waals surface area contributed by atoms with Gasteiger partial charge in [-0.2, -0.15) is 0 Å². The van der Waals surface area contributed by atoms with Gasteiger partial charge in [0.25, 0.3) is 0 Å². The molecule has 1 aromatic heterocycles. The van der Waals surface area contributed by atoms with Crippen molar-refractivity contribution in [1.82, 2.24) is 5.32 Å². The number of Topliss-reactive ketones (excluding diaryl/α,β-unsaturated/α-hetero) is 2. The third kappa shape index (κ3) is 1.71. The van der Waals surface area contributed by atoms with Crippen LogP contribution in [0.1, 0.15) is 58.3 Å². The highest BCUT2D eigenvalue weighted by molar-refractivity contribution is 6.11.